The van der Waals surface area contributed by atoms with Crippen LogP contribution in [0.3, 0.4) is 0 Å². The zero-order chi connectivity index (χ0) is 10.8. The number of nitrogens with zero attached hydrogens (tertiary/aromatic N) is 1. The molecule has 0 radical (unpaired) electrons. The molecule has 1 aromatic rings. The highest BCUT2D eigenvalue weighted by molar-refractivity contribution is 5.28. The number of rotatable bonds is 2. The molecule has 0 saturated heterocycles. The van der Waals surface area contributed by atoms with Gasteiger partial charge >= 0.3 is 0 Å². The van der Waals surface area contributed by atoms with Gasteiger partial charge in [0.05, 0.1) is 18.9 Å². The lowest BCUT2D eigenvalue weighted by atomic mass is 9.87. The van der Waals surface area contributed by atoms with E-state index in [0.29, 0.717) is 11.3 Å². The Kier molecular flexibility index (Phi) is 3.24. The number of aliphatic hydroxyl groups excluding tert-OH is 2. The fraction of sp³-hybridized carbons (Fsp3) is 0.545. The molecule has 0 saturated carbocycles. The molecule has 0 fully saturated rings. The molecule has 0 spiro atoms. The van der Waals surface area contributed by atoms with E-state index in [2.05, 4.69) is 25.8 Å². The second-order valence-electron chi connectivity index (χ2n) is 4.40. The van der Waals surface area contributed by atoms with Gasteiger partial charge in [0.2, 0.25) is 0 Å². The van der Waals surface area contributed by atoms with Crippen LogP contribution in [0.4, 0.5) is 0 Å². The van der Waals surface area contributed by atoms with Crippen LogP contribution in [-0.2, 0) is 18.6 Å². The molecule has 0 amide bonds. The quantitative estimate of drug-likeness (QED) is 0.749. The van der Waals surface area contributed by atoms with Crippen molar-refractivity contribution in [2.24, 2.45) is 0 Å². The van der Waals surface area contributed by atoms with Gasteiger partial charge in [-0.25, -0.2) is 0 Å². The van der Waals surface area contributed by atoms with Crippen LogP contribution in [0.15, 0.2) is 12.3 Å². The Labute approximate surface area is 84.4 Å². The molecule has 0 aliphatic carbocycles. The summed E-state index contributed by atoms with van der Waals surface area (Å²) < 4.78 is 0. The third-order valence-corrected chi connectivity index (χ3v) is 2.25. The number of aromatic nitrogens is 1. The Bertz CT molecular complexity index is 316. The van der Waals surface area contributed by atoms with Crippen LogP contribution >= 0.6 is 0 Å². The van der Waals surface area contributed by atoms with Gasteiger partial charge in [-0.1, -0.05) is 20.8 Å². The van der Waals surface area contributed by atoms with Crippen LogP contribution in [0.25, 0.3) is 0 Å². The second kappa shape index (κ2) is 4.07. The van der Waals surface area contributed by atoms with Gasteiger partial charge in [0.1, 0.15) is 0 Å². The van der Waals surface area contributed by atoms with Crippen LogP contribution in [0.5, 0.6) is 0 Å². The van der Waals surface area contributed by atoms with Crippen LogP contribution in [0.2, 0.25) is 0 Å². The average Bonchev–Trinajstić information content (AvgIpc) is 2.15. The predicted octanol–water partition coefficient (Wildman–Crippen LogP) is 1.36. The summed E-state index contributed by atoms with van der Waals surface area (Å²) >= 11 is 0. The SMILES string of the molecule is CC(C)(C)c1cnc(CO)c(CO)c1. The van der Waals surface area contributed by atoms with E-state index in [4.69, 9.17) is 10.2 Å². The fourth-order valence-electron chi connectivity index (χ4n) is 1.23. The van der Waals surface area contributed by atoms with Crippen molar-refractivity contribution in [2.75, 3.05) is 0 Å². The Morgan fingerprint density at radius 3 is 2.29 bits per heavy atom. The van der Waals surface area contributed by atoms with Crippen molar-refractivity contribution in [3.05, 3.63) is 29.1 Å². The van der Waals surface area contributed by atoms with E-state index in [1.54, 1.807) is 6.20 Å². The molecule has 0 unspecified atom stereocenters. The van der Waals surface area contributed by atoms with Crippen molar-refractivity contribution in [3.63, 3.8) is 0 Å². The summed E-state index contributed by atoms with van der Waals surface area (Å²) in [4.78, 5) is 4.12. The maximum absolute atomic E-state index is 9.09. The van der Waals surface area contributed by atoms with E-state index in [1.807, 2.05) is 6.07 Å². The molecular formula is C11H17NO2. The Morgan fingerprint density at radius 1 is 1.21 bits per heavy atom. The minimum Gasteiger partial charge on any atom is -0.392 e. The first-order chi connectivity index (χ1) is 6.49. The standard InChI is InChI=1S/C11H17NO2/c1-11(2,3)9-4-8(6-13)10(7-14)12-5-9/h4-5,13-14H,6-7H2,1-3H3. The van der Waals surface area contributed by atoms with E-state index in [1.165, 1.54) is 0 Å². The van der Waals surface area contributed by atoms with E-state index in [9.17, 15) is 0 Å². The molecule has 0 aliphatic heterocycles. The zero-order valence-electron chi connectivity index (χ0n) is 8.91. The number of pyridine rings is 1. The van der Waals surface area contributed by atoms with Crippen molar-refractivity contribution in [3.8, 4) is 0 Å². The normalized spacial score (nSPS) is 11.8. The lowest BCUT2D eigenvalue weighted by Crippen LogP contribution is -2.13. The topological polar surface area (TPSA) is 53.4 Å². The van der Waals surface area contributed by atoms with Crippen LogP contribution in [0.1, 0.15) is 37.6 Å². The highest BCUT2D eigenvalue weighted by Crippen LogP contribution is 2.23. The molecule has 1 aromatic heterocycles. The summed E-state index contributed by atoms with van der Waals surface area (Å²) in [6.45, 7) is 6.06. The van der Waals surface area contributed by atoms with Crippen LogP contribution < -0.4 is 0 Å². The van der Waals surface area contributed by atoms with Gasteiger partial charge in [-0.3, -0.25) is 4.98 Å². The predicted molar refractivity (Wildman–Crippen MR) is 54.8 cm³/mol. The lowest BCUT2D eigenvalue weighted by molar-refractivity contribution is 0.255. The Balaban J connectivity index is 3.14. The van der Waals surface area contributed by atoms with Gasteiger partial charge in [0.15, 0.2) is 0 Å². The van der Waals surface area contributed by atoms with Crippen LogP contribution in [0, 0.1) is 0 Å². The molecule has 0 bridgehead atoms. The first kappa shape index (κ1) is 11.1. The monoisotopic (exact) mass is 195 g/mol. The molecule has 0 aromatic carbocycles. The Morgan fingerprint density at radius 2 is 1.86 bits per heavy atom. The highest BCUT2D eigenvalue weighted by atomic mass is 16.3. The van der Waals surface area contributed by atoms with Gasteiger partial charge in [0, 0.05) is 11.8 Å². The van der Waals surface area contributed by atoms with Gasteiger partial charge in [-0.2, -0.15) is 0 Å². The third kappa shape index (κ3) is 2.30. The maximum Gasteiger partial charge on any atom is 0.0856 e. The molecule has 0 aliphatic rings. The smallest absolute Gasteiger partial charge is 0.0856 e. The van der Waals surface area contributed by atoms with Gasteiger partial charge in [-0.05, 0) is 17.0 Å². The van der Waals surface area contributed by atoms with Gasteiger partial charge in [-0.15, -0.1) is 0 Å². The van der Waals surface area contributed by atoms with E-state index in [0.717, 1.165) is 5.56 Å². The Hall–Kier alpha value is -0.930. The van der Waals surface area contributed by atoms with Crippen LogP contribution in [-0.4, -0.2) is 15.2 Å². The molecule has 3 heteroatoms. The van der Waals surface area contributed by atoms with Crippen molar-refractivity contribution in [2.45, 2.75) is 39.4 Å². The summed E-state index contributed by atoms with van der Waals surface area (Å²) in [6, 6.07) is 1.90. The summed E-state index contributed by atoms with van der Waals surface area (Å²) in [5.41, 5.74) is 2.35. The van der Waals surface area contributed by atoms with Gasteiger partial charge in [0.25, 0.3) is 0 Å². The highest BCUT2D eigenvalue weighted by Gasteiger charge is 2.15. The number of aliphatic hydroxyl groups is 2. The lowest BCUT2D eigenvalue weighted by Gasteiger charge is -2.19. The first-order valence-electron chi connectivity index (χ1n) is 4.69. The van der Waals surface area contributed by atoms with Crippen molar-refractivity contribution in [1.82, 2.24) is 4.98 Å². The molecule has 14 heavy (non-hydrogen) atoms. The minimum atomic E-state index is -0.125. The maximum atomic E-state index is 9.09. The van der Waals surface area contributed by atoms with E-state index in [-0.39, 0.29) is 18.6 Å². The largest absolute Gasteiger partial charge is 0.392 e. The summed E-state index contributed by atoms with van der Waals surface area (Å²) in [6.07, 6.45) is 1.75. The van der Waals surface area contributed by atoms with Crippen molar-refractivity contribution in [1.29, 1.82) is 0 Å². The number of hydrogen-bond donors (Lipinski definition) is 2. The average molecular weight is 195 g/mol. The molecule has 1 heterocycles. The summed E-state index contributed by atoms with van der Waals surface area (Å²) in [5, 5.41) is 18.1. The van der Waals surface area contributed by atoms with Gasteiger partial charge < -0.3 is 10.2 Å². The molecular weight excluding hydrogens is 178 g/mol. The third-order valence-electron chi connectivity index (χ3n) is 2.25. The minimum absolute atomic E-state index is 0.0188. The first-order valence-corrected chi connectivity index (χ1v) is 4.69. The van der Waals surface area contributed by atoms with E-state index >= 15 is 0 Å². The molecule has 3 nitrogen and oxygen atoms in total. The molecule has 2 N–H and O–H groups in total. The summed E-state index contributed by atoms with van der Waals surface area (Å²) in [7, 11) is 0. The summed E-state index contributed by atoms with van der Waals surface area (Å²) in [5.74, 6) is 0. The number of hydrogen-bond acceptors (Lipinski definition) is 3. The molecule has 0 atom stereocenters. The second-order valence-corrected chi connectivity index (χ2v) is 4.40. The molecule has 1 rings (SSSR count). The fourth-order valence-corrected chi connectivity index (χ4v) is 1.23. The molecule has 78 valence electrons. The van der Waals surface area contributed by atoms with Crippen molar-refractivity contribution < 1.29 is 10.2 Å². The zero-order valence-corrected chi connectivity index (χ0v) is 8.91. The van der Waals surface area contributed by atoms with Crippen molar-refractivity contribution >= 4 is 0 Å². The van der Waals surface area contributed by atoms with E-state index < -0.39 is 0 Å².